The highest BCUT2D eigenvalue weighted by atomic mass is 32.2. The molecule has 0 aromatic heterocycles. The van der Waals surface area contributed by atoms with Gasteiger partial charge in [-0.15, -0.1) is 0 Å². The van der Waals surface area contributed by atoms with Crippen LogP contribution in [0.2, 0.25) is 0 Å². The summed E-state index contributed by atoms with van der Waals surface area (Å²) in [5, 5.41) is 14.5. The van der Waals surface area contributed by atoms with E-state index in [0.717, 1.165) is 31.9 Å². The molecule has 1 aromatic carbocycles. The van der Waals surface area contributed by atoms with Crippen molar-refractivity contribution in [2.45, 2.75) is 59.4 Å². The van der Waals surface area contributed by atoms with Gasteiger partial charge in [0.25, 0.3) is 5.91 Å². The summed E-state index contributed by atoms with van der Waals surface area (Å²) in [6, 6.07) is 4.06. The van der Waals surface area contributed by atoms with Crippen molar-refractivity contribution < 1.29 is 27.4 Å². The number of hydrogen-bond donors (Lipinski definition) is 3. The fourth-order valence-corrected chi connectivity index (χ4v) is 7.06. The van der Waals surface area contributed by atoms with Crippen LogP contribution in [-0.4, -0.2) is 55.6 Å². The lowest BCUT2D eigenvalue weighted by atomic mass is 9.78. The largest absolute Gasteiger partial charge is 0.509 e. The van der Waals surface area contributed by atoms with Crippen LogP contribution in [0.25, 0.3) is 0 Å². The van der Waals surface area contributed by atoms with Gasteiger partial charge in [0.15, 0.2) is 5.84 Å². The molecular formula is C24H35N4O6PS. The van der Waals surface area contributed by atoms with Crippen LogP contribution in [0.15, 0.2) is 34.3 Å². The number of aliphatic hydroxyl groups excluding tert-OH is 1. The summed E-state index contributed by atoms with van der Waals surface area (Å²) in [5.74, 6) is -0.215. The van der Waals surface area contributed by atoms with Gasteiger partial charge in [0, 0.05) is 12.2 Å². The number of fused-ring (bicyclic) bond motifs is 1. The van der Waals surface area contributed by atoms with E-state index in [-0.39, 0.29) is 52.0 Å². The summed E-state index contributed by atoms with van der Waals surface area (Å²) in [6.45, 7) is 8.57. The van der Waals surface area contributed by atoms with Gasteiger partial charge in [-0.25, -0.2) is 8.42 Å². The standard InChI is InChI=1S/C24H35N4O6PS/c1-6-34-35(31)18-14-16(27-36(5,32)33)10-11-17(18)25-22(26-35)19-21(29)20(15-8-7-9-15)28(23(19)30)13-12-24(2,3)4/h10-11,14-15,20,27,29H,6-9,12-13H2,1-5H3,(H,25,26,31)/t20-,35?/m0/s1. The Hall–Kier alpha value is -2.36. The van der Waals surface area contributed by atoms with Gasteiger partial charge in [-0.1, -0.05) is 27.2 Å². The van der Waals surface area contributed by atoms with Gasteiger partial charge in [0.1, 0.15) is 11.3 Å². The zero-order valence-electron chi connectivity index (χ0n) is 21.4. The average molecular weight is 539 g/mol. The number of anilines is 2. The lowest BCUT2D eigenvalue weighted by Gasteiger charge is -2.38. The van der Waals surface area contributed by atoms with Gasteiger partial charge in [-0.2, -0.15) is 4.76 Å². The predicted molar refractivity (Wildman–Crippen MR) is 141 cm³/mol. The van der Waals surface area contributed by atoms with Crippen LogP contribution in [0.1, 0.15) is 53.4 Å². The molecule has 4 rings (SSSR count). The number of nitrogens with zero attached hydrogens (tertiary/aromatic N) is 2. The molecule has 1 unspecified atom stereocenters. The lowest BCUT2D eigenvalue weighted by Crippen LogP contribution is -2.44. The minimum atomic E-state index is -3.88. The monoisotopic (exact) mass is 538 g/mol. The molecule has 3 N–H and O–H groups in total. The zero-order chi connectivity index (χ0) is 26.5. The molecule has 2 heterocycles. The van der Waals surface area contributed by atoms with Crippen LogP contribution in [0.4, 0.5) is 11.4 Å². The molecule has 0 spiro atoms. The Morgan fingerprint density at radius 1 is 1.31 bits per heavy atom. The minimum absolute atomic E-state index is 0.00471. The zero-order valence-corrected chi connectivity index (χ0v) is 23.1. The number of aliphatic hydroxyl groups is 1. The van der Waals surface area contributed by atoms with Crippen molar-refractivity contribution in [3.63, 3.8) is 0 Å². The Balaban J connectivity index is 1.74. The van der Waals surface area contributed by atoms with Crippen LogP contribution in [0.3, 0.4) is 0 Å². The van der Waals surface area contributed by atoms with E-state index in [1.807, 2.05) is 0 Å². The van der Waals surface area contributed by atoms with Crippen molar-refractivity contribution in [1.29, 1.82) is 0 Å². The molecule has 1 fully saturated rings. The molecular weight excluding hydrogens is 503 g/mol. The van der Waals surface area contributed by atoms with E-state index in [1.54, 1.807) is 17.9 Å². The molecule has 1 aromatic rings. The highest BCUT2D eigenvalue weighted by molar-refractivity contribution is 7.92. The number of rotatable bonds is 8. The van der Waals surface area contributed by atoms with E-state index in [2.05, 4.69) is 35.6 Å². The highest BCUT2D eigenvalue weighted by Gasteiger charge is 2.48. The van der Waals surface area contributed by atoms with E-state index in [4.69, 9.17) is 4.52 Å². The highest BCUT2D eigenvalue weighted by Crippen LogP contribution is 2.53. The molecule has 10 nitrogen and oxygen atoms in total. The average Bonchev–Trinajstić information content (AvgIpc) is 2.94. The maximum Gasteiger partial charge on any atom is 0.348 e. The van der Waals surface area contributed by atoms with E-state index in [1.165, 1.54) is 12.1 Å². The topological polar surface area (TPSA) is 137 Å². The van der Waals surface area contributed by atoms with Crippen molar-refractivity contribution in [2.24, 2.45) is 16.1 Å². The van der Waals surface area contributed by atoms with Crippen LogP contribution in [0.5, 0.6) is 0 Å². The van der Waals surface area contributed by atoms with Crippen LogP contribution in [0, 0.1) is 11.3 Å². The smallest absolute Gasteiger partial charge is 0.348 e. The first kappa shape index (κ1) is 26.7. The third-order valence-electron chi connectivity index (χ3n) is 6.68. The molecule has 36 heavy (non-hydrogen) atoms. The van der Waals surface area contributed by atoms with Gasteiger partial charge >= 0.3 is 7.52 Å². The Labute approximate surface area is 212 Å². The van der Waals surface area contributed by atoms with Crippen LogP contribution in [-0.2, 0) is 23.9 Å². The van der Waals surface area contributed by atoms with E-state index < -0.39 is 23.6 Å². The minimum Gasteiger partial charge on any atom is -0.509 e. The summed E-state index contributed by atoms with van der Waals surface area (Å²) in [6.07, 6.45) is 4.70. The number of sulfonamides is 1. The Morgan fingerprint density at radius 2 is 2.00 bits per heavy atom. The maximum absolute atomic E-state index is 13.9. The second-order valence-corrected chi connectivity index (χ2v) is 14.6. The van der Waals surface area contributed by atoms with Crippen molar-refractivity contribution in [3.8, 4) is 0 Å². The van der Waals surface area contributed by atoms with Gasteiger partial charge in [-0.05, 0) is 55.7 Å². The first-order chi connectivity index (χ1) is 16.7. The summed E-state index contributed by atoms with van der Waals surface area (Å²) < 4.78 is 49.6. The summed E-state index contributed by atoms with van der Waals surface area (Å²) in [7, 11) is -7.43. The van der Waals surface area contributed by atoms with Crippen LogP contribution >= 0.6 is 7.52 Å². The SMILES string of the molecule is CCOP1(=O)N=C(C2=C(O)[C@H](C3CCC3)N(CCC(C)(C)C)C2=O)Nc2ccc(NS(C)(=O)=O)cc21. The molecule has 1 amide bonds. The lowest BCUT2D eigenvalue weighted by molar-refractivity contribution is -0.128. The number of carbonyl (C=O) groups excluding carboxylic acids is 1. The van der Waals surface area contributed by atoms with E-state index in [9.17, 15) is 22.9 Å². The number of amides is 1. The van der Waals surface area contributed by atoms with Gasteiger partial charge in [-0.3, -0.25) is 14.1 Å². The Bertz CT molecular complexity index is 1280. The molecule has 1 saturated carbocycles. The maximum atomic E-state index is 13.9. The number of carbonyl (C=O) groups is 1. The third kappa shape index (κ3) is 5.33. The molecule has 2 atom stereocenters. The van der Waals surface area contributed by atoms with Crippen LogP contribution < -0.4 is 15.3 Å². The first-order valence-electron chi connectivity index (χ1n) is 12.2. The molecule has 3 aliphatic rings. The fourth-order valence-electron chi connectivity index (χ4n) is 4.70. The third-order valence-corrected chi connectivity index (χ3v) is 9.33. The predicted octanol–water partition coefficient (Wildman–Crippen LogP) is 4.00. The normalized spacial score (nSPS) is 24.8. The molecule has 1 aliphatic carbocycles. The van der Waals surface area contributed by atoms with Crippen molar-refractivity contribution >= 4 is 46.0 Å². The molecule has 0 bridgehead atoms. The first-order valence-corrected chi connectivity index (χ1v) is 15.7. The molecule has 0 radical (unpaired) electrons. The van der Waals surface area contributed by atoms with Gasteiger partial charge in [0.2, 0.25) is 10.0 Å². The van der Waals surface area contributed by atoms with Crippen molar-refractivity contribution in [3.05, 3.63) is 29.5 Å². The quantitative estimate of drug-likeness (QED) is 0.426. The summed E-state index contributed by atoms with van der Waals surface area (Å²) >= 11 is 0. The second kappa shape index (κ2) is 9.50. The Kier molecular flexibility index (Phi) is 7.05. The van der Waals surface area contributed by atoms with E-state index >= 15 is 0 Å². The second-order valence-electron chi connectivity index (χ2n) is 10.8. The summed E-state index contributed by atoms with van der Waals surface area (Å²) in [5.41, 5.74) is 0.612. The number of amidine groups is 1. The number of nitrogens with one attached hydrogen (secondary N) is 2. The molecule has 12 heteroatoms. The molecule has 198 valence electrons. The summed E-state index contributed by atoms with van der Waals surface area (Å²) in [4.78, 5) is 15.4. The molecule has 2 aliphatic heterocycles. The van der Waals surface area contributed by atoms with Gasteiger partial charge < -0.3 is 19.8 Å². The Morgan fingerprint density at radius 3 is 2.56 bits per heavy atom. The van der Waals surface area contributed by atoms with Crippen molar-refractivity contribution in [2.75, 3.05) is 29.4 Å². The fraction of sp³-hybridized carbons (Fsp3) is 0.583. The van der Waals surface area contributed by atoms with Crippen molar-refractivity contribution in [1.82, 2.24) is 4.90 Å². The molecule has 0 saturated heterocycles. The van der Waals surface area contributed by atoms with Gasteiger partial charge in [0.05, 0.1) is 29.9 Å². The number of hydrogen-bond acceptors (Lipinski definition) is 7. The van der Waals surface area contributed by atoms with E-state index in [0.29, 0.717) is 12.2 Å². The number of benzene rings is 1.